The van der Waals surface area contributed by atoms with Gasteiger partial charge in [0, 0.05) is 5.56 Å². The number of hydrogen-bond acceptors (Lipinski definition) is 4. The van der Waals surface area contributed by atoms with Gasteiger partial charge in [-0.1, -0.05) is 39.3 Å². The molecule has 3 atom stereocenters. The van der Waals surface area contributed by atoms with Crippen molar-refractivity contribution in [1.82, 2.24) is 9.55 Å². The summed E-state index contributed by atoms with van der Waals surface area (Å²) in [6.45, 7) is 6.86. The molecule has 1 aliphatic carbocycles. The summed E-state index contributed by atoms with van der Waals surface area (Å²) < 4.78 is 13.3. The second-order valence-electron chi connectivity index (χ2n) is 9.09. The molecule has 0 bridgehead atoms. The van der Waals surface area contributed by atoms with E-state index in [1.165, 1.54) is 6.42 Å². The van der Waals surface area contributed by atoms with Crippen LogP contribution in [0.1, 0.15) is 40.0 Å². The number of carbonyl (C=O) groups excluding carboxylic acids is 1. The van der Waals surface area contributed by atoms with Crippen LogP contribution in [-0.2, 0) is 16.1 Å². The molecule has 0 saturated heterocycles. The zero-order chi connectivity index (χ0) is 22.0. The molecule has 1 fully saturated rings. The van der Waals surface area contributed by atoms with Gasteiger partial charge in [-0.3, -0.25) is 4.79 Å². The zero-order valence-corrected chi connectivity index (χ0v) is 18.9. The Hall–Kier alpha value is -2.82. The third kappa shape index (κ3) is 4.60. The highest BCUT2D eigenvalue weighted by Gasteiger charge is 2.33. The molecular formula is C26H32N2O3. The Morgan fingerprint density at radius 2 is 1.87 bits per heavy atom. The predicted molar refractivity (Wildman–Crippen MR) is 123 cm³/mol. The molecule has 2 unspecified atom stereocenters. The summed E-state index contributed by atoms with van der Waals surface area (Å²) in [5, 5.41) is 0. The van der Waals surface area contributed by atoms with Crippen LogP contribution in [0.3, 0.4) is 0 Å². The van der Waals surface area contributed by atoms with E-state index in [0.717, 1.165) is 41.0 Å². The van der Waals surface area contributed by atoms with Crippen LogP contribution in [0.15, 0.2) is 48.5 Å². The lowest BCUT2D eigenvalue weighted by Gasteiger charge is -2.36. The number of nitrogens with zero attached hydrogens (tertiary/aromatic N) is 2. The van der Waals surface area contributed by atoms with Gasteiger partial charge in [0.2, 0.25) is 0 Å². The molecule has 2 aromatic carbocycles. The normalized spacial score (nSPS) is 21.4. The van der Waals surface area contributed by atoms with Crippen LogP contribution in [0.4, 0.5) is 0 Å². The number of hydrogen-bond donors (Lipinski definition) is 0. The Balaban J connectivity index is 1.61. The lowest BCUT2D eigenvalue weighted by Crippen LogP contribution is -2.36. The lowest BCUT2D eigenvalue weighted by atomic mass is 9.75. The molecule has 31 heavy (non-hydrogen) atoms. The van der Waals surface area contributed by atoms with Crippen molar-refractivity contribution in [2.24, 2.45) is 17.8 Å². The fraction of sp³-hybridized carbons (Fsp3) is 0.462. The highest BCUT2D eigenvalue weighted by molar-refractivity contribution is 5.83. The minimum absolute atomic E-state index is 0.00419. The SMILES string of the molecule is COc1ccc(-c2nc3ccccc3n2CC(=O)O[C@@H]2CC(C)CCC2C(C)C)cc1. The molecule has 1 saturated carbocycles. The van der Waals surface area contributed by atoms with E-state index in [2.05, 4.69) is 20.8 Å². The van der Waals surface area contributed by atoms with Gasteiger partial charge in [0.25, 0.3) is 0 Å². The molecule has 0 amide bonds. The maximum atomic E-state index is 13.1. The summed E-state index contributed by atoms with van der Waals surface area (Å²) in [5.41, 5.74) is 2.74. The number of methoxy groups -OCH3 is 1. The minimum atomic E-state index is -0.192. The highest BCUT2D eigenvalue weighted by atomic mass is 16.5. The fourth-order valence-electron chi connectivity index (χ4n) is 4.78. The van der Waals surface area contributed by atoms with Crippen molar-refractivity contribution in [3.05, 3.63) is 48.5 Å². The lowest BCUT2D eigenvalue weighted by molar-refractivity contribution is -0.156. The molecule has 1 aliphatic rings. The number of rotatable bonds is 6. The van der Waals surface area contributed by atoms with E-state index in [0.29, 0.717) is 17.8 Å². The molecule has 1 aromatic heterocycles. The summed E-state index contributed by atoms with van der Waals surface area (Å²) >= 11 is 0. The molecule has 164 valence electrons. The molecule has 3 aromatic rings. The molecule has 0 spiro atoms. The van der Waals surface area contributed by atoms with E-state index in [1.807, 2.05) is 53.1 Å². The van der Waals surface area contributed by atoms with E-state index in [4.69, 9.17) is 14.5 Å². The summed E-state index contributed by atoms with van der Waals surface area (Å²) in [7, 11) is 1.65. The van der Waals surface area contributed by atoms with Gasteiger partial charge in [-0.2, -0.15) is 0 Å². The van der Waals surface area contributed by atoms with Crippen molar-refractivity contribution in [2.45, 2.75) is 52.7 Å². The van der Waals surface area contributed by atoms with Crippen LogP contribution in [0.25, 0.3) is 22.4 Å². The summed E-state index contributed by atoms with van der Waals surface area (Å²) in [6, 6.07) is 15.7. The van der Waals surface area contributed by atoms with Gasteiger partial charge in [-0.25, -0.2) is 4.98 Å². The van der Waals surface area contributed by atoms with Gasteiger partial charge in [0.1, 0.15) is 24.2 Å². The number of carbonyl (C=O) groups is 1. The molecule has 5 heteroatoms. The van der Waals surface area contributed by atoms with E-state index >= 15 is 0 Å². The van der Waals surface area contributed by atoms with Crippen molar-refractivity contribution in [2.75, 3.05) is 7.11 Å². The maximum absolute atomic E-state index is 13.1. The number of aromatic nitrogens is 2. The third-order valence-corrected chi connectivity index (χ3v) is 6.53. The monoisotopic (exact) mass is 420 g/mol. The van der Waals surface area contributed by atoms with E-state index in [9.17, 15) is 4.79 Å². The van der Waals surface area contributed by atoms with Crippen molar-refractivity contribution >= 4 is 17.0 Å². The topological polar surface area (TPSA) is 53.4 Å². The third-order valence-electron chi connectivity index (χ3n) is 6.53. The van der Waals surface area contributed by atoms with Crippen LogP contribution >= 0.6 is 0 Å². The van der Waals surface area contributed by atoms with Crippen molar-refractivity contribution in [3.63, 3.8) is 0 Å². The molecule has 0 N–H and O–H groups in total. The van der Waals surface area contributed by atoms with Gasteiger partial charge in [-0.15, -0.1) is 0 Å². The van der Waals surface area contributed by atoms with E-state index in [1.54, 1.807) is 7.11 Å². The number of para-hydroxylation sites is 2. The quantitative estimate of drug-likeness (QED) is 0.479. The number of esters is 1. The highest BCUT2D eigenvalue weighted by Crippen LogP contribution is 2.35. The average Bonchev–Trinajstić information content (AvgIpc) is 3.12. The first-order valence-electron chi connectivity index (χ1n) is 11.3. The molecule has 5 nitrogen and oxygen atoms in total. The van der Waals surface area contributed by atoms with Crippen molar-refractivity contribution in [3.8, 4) is 17.1 Å². The Labute approximate surface area is 184 Å². The zero-order valence-electron chi connectivity index (χ0n) is 18.9. The maximum Gasteiger partial charge on any atom is 0.326 e. The fourth-order valence-corrected chi connectivity index (χ4v) is 4.78. The van der Waals surface area contributed by atoms with Crippen LogP contribution in [0.5, 0.6) is 5.75 Å². The van der Waals surface area contributed by atoms with Crippen LogP contribution in [0, 0.1) is 17.8 Å². The Bertz CT molecular complexity index is 1040. The minimum Gasteiger partial charge on any atom is -0.497 e. The van der Waals surface area contributed by atoms with E-state index < -0.39 is 0 Å². The number of fused-ring (bicyclic) bond motifs is 1. The Morgan fingerprint density at radius 3 is 2.58 bits per heavy atom. The summed E-state index contributed by atoms with van der Waals surface area (Å²) in [4.78, 5) is 17.9. The first kappa shape index (κ1) is 21.4. The summed E-state index contributed by atoms with van der Waals surface area (Å²) in [6.07, 6.45) is 3.28. The predicted octanol–water partition coefficient (Wildman–Crippen LogP) is 5.72. The number of benzene rings is 2. The molecular weight excluding hydrogens is 388 g/mol. The Morgan fingerprint density at radius 1 is 1.13 bits per heavy atom. The van der Waals surface area contributed by atoms with Gasteiger partial charge in [-0.05, 0) is 67.0 Å². The summed E-state index contributed by atoms with van der Waals surface area (Å²) in [5.74, 6) is 2.89. The molecule has 4 rings (SSSR count). The first-order valence-corrected chi connectivity index (χ1v) is 11.3. The van der Waals surface area contributed by atoms with Crippen LogP contribution in [0.2, 0.25) is 0 Å². The second kappa shape index (κ2) is 9.13. The van der Waals surface area contributed by atoms with Crippen molar-refractivity contribution in [1.29, 1.82) is 0 Å². The number of imidazole rings is 1. The molecule has 0 aliphatic heterocycles. The van der Waals surface area contributed by atoms with Gasteiger partial charge < -0.3 is 14.0 Å². The van der Waals surface area contributed by atoms with Crippen molar-refractivity contribution < 1.29 is 14.3 Å². The van der Waals surface area contributed by atoms with E-state index in [-0.39, 0.29) is 18.6 Å². The van der Waals surface area contributed by atoms with Gasteiger partial charge in [0.15, 0.2) is 0 Å². The molecule has 0 radical (unpaired) electrons. The van der Waals surface area contributed by atoms with Gasteiger partial charge >= 0.3 is 5.97 Å². The van der Waals surface area contributed by atoms with Crippen LogP contribution in [-0.4, -0.2) is 28.7 Å². The smallest absolute Gasteiger partial charge is 0.326 e. The Kier molecular flexibility index (Phi) is 6.30. The number of ether oxygens (including phenoxy) is 2. The average molecular weight is 421 g/mol. The van der Waals surface area contributed by atoms with Gasteiger partial charge in [0.05, 0.1) is 18.1 Å². The molecule has 1 heterocycles. The van der Waals surface area contributed by atoms with Crippen LogP contribution < -0.4 is 4.74 Å². The standard InChI is InChI=1S/C26H32N2O3/c1-17(2)21-14-9-18(3)15-24(21)31-25(29)16-28-23-8-6-5-7-22(23)27-26(28)19-10-12-20(30-4)13-11-19/h5-8,10-13,17-18,21,24H,9,14-16H2,1-4H3/t18?,21?,24-/m1/s1. The first-order chi connectivity index (χ1) is 15.0. The second-order valence-corrected chi connectivity index (χ2v) is 9.09. The largest absolute Gasteiger partial charge is 0.497 e.